The van der Waals surface area contributed by atoms with E-state index in [1.165, 1.54) is 0 Å². The van der Waals surface area contributed by atoms with Gasteiger partial charge in [-0.1, -0.05) is 30.6 Å². The van der Waals surface area contributed by atoms with E-state index < -0.39 is 0 Å². The first-order valence-corrected chi connectivity index (χ1v) is 8.97. The molecule has 0 bridgehead atoms. The fourth-order valence-corrected chi connectivity index (χ4v) is 3.14. The van der Waals surface area contributed by atoms with E-state index in [1.807, 2.05) is 29.2 Å². The number of rotatable bonds is 6. The molecule has 1 saturated heterocycles. The van der Waals surface area contributed by atoms with Crippen molar-refractivity contribution in [2.75, 3.05) is 20.2 Å². The average Bonchev–Trinajstić information content (AvgIpc) is 3.16. The Hall–Kier alpha value is -2.37. The van der Waals surface area contributed by atoms with E-state index in [2.05, 4.69) is 17.1 Å². The fraction of sp³-hybridized carbons (Fsp3) is 0.526. The van der Waals surface area contributed by atoms with Crippen LogP contribution in [0.5, 0.6) is 5.75 Å². The highest BCUT2D eigenvalue weighted by molar-refractivity contribution is 5.76. The summed E-state index contributed by atoms with van der Waals surface area (Å²) in [5, 5.41) is 4.11. The number of methoxy groups -OCH3 is 1. The van der Waals surface area contributed by atoms with Gasteiger partial charge in [0.05, 0.1) is 7.11 Å². The van der Waals surface area contributed by atoms with Crippen LogP contribution >= 0.6 is 0 Å². The molecule has 2 heterocycles. The maximum atomic E-state index is 12.1. The maximum Gasteiger partial charge on any atom is 0.230 e. The van der Waals surface area contributed by atoms with E-state index in [9.17, 15) is 4.79 Å². The Morgan fingerprint density at radius 1 is 1.36 bits per heavy atom. The summed E-state index contributed by atoms with van der Waals surface area (Å²) in [4.78, 5) is 18.6. The molecule has 1 aliphatic heterocycles. The van der Waals surface area contributed by atoms with Gasteiger partial charge in [0.2, 0.25) is 17.6 Å². The first-order valence-electron chi connectivity index (χ1n) is 8.97. The van der Waals surface area contributed by atoms with Gasteiger partial charge in [0.25, 0.3) is 0 Å². The summed E-state index contributed by atoms with van der Waals surface area (Å²) < 4.78 is 10.7. The van der Waals surface area contributed by atoms with Crippen molar-refractivity contribution < 1.29 is 14.1 Å². The third kappa shape index (κ3) is 4.18. The highest BCUT2D eigenvalue weighted by atomic mass is 16.5. The van der Waals surface area contributed by atoms with Crippen LogP contribution in [-0.2, 0) is 4.79 Å². The van der Waals surface area contributed by atoms with Crippen LogP contribution in [0.4, 0.5) is 0 Å². The Balaban J connectivity index is 1.61. The molecule has 0 aliphatic carbocycles. The van der Waals surface area contributed by atoms with Crippen LogP contribution in [-0.4, -0.2) is 41.1 Å². The minimum atomic E-state index is 0.224. The van der Waals surface area contributed by atoms with Crippen molar-refractivity contribution in [3.63, 3.8) is 0 Å². The van der Waals surface area contributed by atoms with Crippen LogP contribution in [0.15, 0.2) is 28.8 Å². The Kier molecular flexibility index (Phi) is 5.68. The molecule has 0 saturated carbocycles. The monoisotopic (exact) mass is 343 g/mol. The minimum absolute atomic E-state index is 0.224. The van der Waals surface area contributed by atoms with Crippen molar-refractivity contribution in [2.45, 2.75) is 44.9 Å². The Labute approximate surface area is 148 Å². The van der Waals surface area contributed by atoms with Gasteiger partial charge in [0.1, 0.15) is 5.75 Å². The topological polar surface area (TPSA) is 68.5 Å². The lowest BCUT2D eigenvalue weighted by Gasteiger charge is -2.30. The Morgan fingerprint density at radius 2 is 2.16 bits per heavy atom. The zero-order valence-electron chi connectivity index (χ0n) is 14.9. The summed E-state index contributed by atoms with van der Waals surface area (Å²) >= 11 is 0. The number of nitrogens with zero attached hydrogens (tertiary/aromatic N) is 3. The first kappa shape index (κ1) is 17.5. The summed E-state index contributed by atoms with van der Waals surface area (Å²) in [6, 6.07) is 7.62. The van der Waals surface area contributed by atoms with Gasteiger partial charge in [-0.05, 0) is 31.4 Å². The molecular formula is C19H25N3O3. The van der Waals surface area contributed by atoms with Crippen molar-refractivity contribution >= 4 is 5.91 Å². The zero-order chi connectivity index (χ0) is 17.6. The number of unbranched alkanes of at least 4 members (excludes halogenated alkanes) is 1. The molecule has 6 heteroatoms. The van der Waals surface area contributed by atoms with Crippen molar-refractivity contribution in [1.29, 1.82) is 0 Å². The molecule has 1 aromatic heterocycles. The van der Waals surface area contributed by atoms with Crippen molar-refractivity contribution in [3.05, 3.63) is 30.2 Å². The van der Waals surface area contributed by atoms with Gasteiger partial charge in [-0.3, -0.25) is 4.79 Å². The second-order valence-corrected chi connectivity index (χ2v) is 6.45. The highest BCUT2D eigenvalue weighted by Gasteiger charge is 2.27. The Morgan fingerprint density at radius 3 is 2.88 bits per heavy atom. The molecule has 134 valence electrons. The third-order valence-electron chi connectivity index (χ3n) is 4.71. The number of carbonyl (C=O) groups is 1. The predicted molar refractivity (Wildman–Crippen MR) is 94.4 cm³/mol. The van der Waals surface area contributed by atoms with Crippen molar-refractivity contribution in [1.82, 2.24) is 15.0 Å². The number of carbonyl (C=O) groups excluding carboxylic acids is 1. The van der Waals surface area contributed by atoms with Gasteiger partial charge in [0, 0.05) is 31.0 Å². The summed E-state index contributed by atoms with van der Waals surface area (Å²) in [7, 11) is 1.64. The lowest BCUT2D eigenvalue weighted by atomic mass is 9.96. The molecule has 0 atom stereocenters. The molecule has 2 aromatic rings. The lowest BCUT2D eigenvalue weighted by Crippen LogP contribution is -2.37. The number of hydrogen-bond acceptors (Lipinski definition) is 5. The smallest absolute Gasteiger partial charge is 0.230 e. The van der Waals surface area contributed by atoms with Crippen LogP contribution < -0.4 is 4.74 Å². The molecule has 0 unspecified atom stereocenters. The third-order valence-corrected chi connectivity index (χ3v) is 4.71. The van der Waals surface area contributed by atoms with Crippen LogP contribution in [0.1, 0.15) is 50.8 Å². The molecule has 1 aromatic carbocycles. The summed E-state index contributed by atoms with van der Waals surface area (Å²) in [5.41, 5.74) is 0.876. The largest absolute Gasteiger partial charge is 0.497 e. The van der Waals surface area contributed by atoms with Crippen LogP contribution in [0.25, 0.3) is 11.4 Å². The zero-order valence-corrected chi connectivity index (χ0v) is 14.9. The van der Waals surface area contributed by atoms with Gasteiger partial charge in [0.15, 0.2) is 0 Å². The number of aromatic nitrogens is 2. The molecule has 1 fully saturated rings. The number of benzene rings is 1. The van der Waals surface area contributed by atoms with E-state index in [4.69, 9.17) is 9.26 Å². The molecule has 0 radical (unpaired) electrons. The second-order valence-electron chi connectivity index (χ2n) is 6.45. The summed E-state index contributed by atoms with van der Waals surface area (Å²) in [5.74, 6) is 2.50. The second kappa shape index (κ2) is 8.14. The van der Waals surface area contributed by atoms with Crippen molar-refractivity contribution in [3.8, 4) is 17.1 Å². The van der Waals surface area contributed by atoms with Crippen LogP contribution in [0.2, 0.25) is 0 Å². The molecule has 0 N–H and O–H groups in total. The predicted octanol–water partition coefficient (Wildman–Crippen LogP) is 3.64. The molecule has 1 aliphatic rings. The van der Waals surface area contributed by atoms with Crippen molar-refractivity contribution in [2.24, 2.45) is 0 Å². The lowest BCUT2D eigenvalue weighted by molar-refractivity contribution is -0.132. The van der Waals surface area contributed by atoms with Gasteiger partial charge >= 0.3 is 0 Å². The van der Waals surface area contributed by atoms with Gasteiger partial charge < -0.3 is 14.2 Å². The number of amides is 1. The maximum absolute atomic E-state index is 12.1. The number of likely N-dealkylation sites (tertiary alicyclic amines) is 1. The van der Waals surface area contributed by atoms with Crippen LogP contribution in [0, 0.1) is 0 Å². The molecule has 0 spiro atoms. The van der Waals surface area contributed by atoms with E-state index in [1.54, 1.807) is 7.11 Å². The quantitative estimate of drug-likeness (QED) is 0.801. The van der Waals surface area contributed by atoms with E-state index in [0.29, 0.717) is 18.1 Å². The number of piperidine rings is 1. The molecular weight excluding hydrogens is 318 g/mol. The average molecular weight is 343 g/mol. The van der Waals surface area contributed by atoms with Gasteiger partial charge in [-0.2, -0.15) is 4.98 Å². The summed E-state index contributed by atoms with van der Waals surface area (Å²) in [6.45, 7) is 3.64. The standard InChI is InChI=1S/C19H25N3O3/c1-3-4-8-17(23)22-11-9-14(10-12-22)19-20-18(21-25-19)15-6-5-7-16(13-15)24-2/h5-7,13-14H,3-4,8-12H2,1-2H3. The van der Waals surface area contributed by atoms with Gasteiger partial charge in [-0.25, -0.2) is 0 Å². The van der Waals surface area contributed by atoms with E-state index in [0.717, 1.165) is 50.1 Å². The molecule has 25 heavy (non-hydrogen) atoms. The Bertz CT molecular complexity index is 705. The van der Waals surface area contributed by atoms with E-state index >= 15 is 0 Å². The molecule has 3 rings (SSSR count). The number of ether oxygens (including phenoxy) is 1. The minimum Gasteiger partial charge on any atom is -0.497 e. The first-order chi connectivity index (χ1) is 12.2. The highest BCUT2D eigenvalue weighted by Crippen LogP contribution is 2.29. The fourth-order valence-electron chi connectivity index (χ4n) is 3.14. The van der Waals surface area contributed by atoms with Gasteiger partial charge in [-0.15, -0.1) is 0 Å². The summed E-state index contributed by atoms with van der Waals surface area (Å²) in [6.07, 6.45) is 4.42. The number of hydrogen-bond donors (Lipinski definition) is 0. The normalized spacial score (nSPS) is 15.4. The van der Waals surface area contributed by atoms with Crippen LogP contribution in [0.3, 0.4) is 0 Å². The SMILES string of the molecule is CCCCC(=O)N1CCC(c2nc(-c3cccc(OC)c3)no2)CC1. The molecule has 6 nitrogen and oxygen atoms in total. The van der Waals surface area contributed by atoms with E-state index in [-0.39, 0.29) is 11.8 Å². The molecule has 1 amide bonds.